The van der Waals surface area contributed by atoms with Crippen LogP contribution >= 0.6 is 34.8 Å². The van der Waals surface area contributed by atoms with Gasteiger partial charge in [0.2, 0.25) is 0 Å². The summed E-state index contributed by atoms with van der Waals surface area (Å²) in [5, 5.41) is 46.9. The quantitative estimate of drug-likeness (QED) is 0.0203. The van der Waals surface area contributed by atoms with Gasteiger partial charge in [-0.05, 0) is 127 Å². The number of carboxylic acid groups (broad SMARTS) is 1. The summed E-state index contributed by atoms with van der Waals surface area (Å²) < 4.78 is 24.1. The van der Waals surface area contributed by atoms with Gasteiger partial charge in [0.1, 0.15) is 17.2 Å². The largest absolute Gasteiger partial charge is 0.496 e. The molecule has 143 heavy (non-hydrogen) atoms. The number of aryl methyl sites for hydroxylation is 8. The molecule has 36 nitrogen and oxygen atoms in total. The van der Waals surface area contributed by atoms with E-state index in [0.29, 0.717) is 63.1 Å². The van der Waals surface area contributed by atoms with Crippen LogP contribution in [0.4, 0.5) is 29.1 Å². The summed E-state index contributed by atoms with van der Waals surface area (Å²) in [5.74, 6) is -2.16. The predicted molar refractivity (Wildman–Crippen MR) is 553 cm³/mol. The minimum Gasteiger partial charge on any atom is -0.496 e. The number of anilines is 5. The summed E-state index contributed by atoms with van der Waals surface area (Å²) >= 11 is 17.0. The van der Waals surface area contributed by atoms with E-state index in [1.165, 1.54) is 21.3 Å². The summed E-state index contributed by atoms with van der Waals surface area (Å²) in [6.45, 7) is 15.8. The van der Waals surface area contributed by atoms with E-state index >= 15 is 0 Å². The van der Waals surface area contributed by atoms with Crippen molar-refractivity contribution >= 4 is 119 Å². The molecule has 16 rings (SSSR count). The Morgan fingerprint density at radius 3 is 0.902 bits per heavy atom. The zero-order valence-corrected chi connectivity index (χ0v) is 82.2. The number of hydrogen-bond donors (Lipinski definition) is 12. The van der Waals surface area contributed by atoms with E-state index < -0.39 is 44.0 Å². The second-order valence-corrected chi connectivity index (χ2v) is 31.7. The van der Waals surface area contributed by atoms with Crippen LogP contribution in [0.5, 0.6) is 11.5 Å². The molecular weight excluding hydrogens is 1890 g/mol. The molecule has 18 N–H and O–H groups in total. The molecule has 9 aromatic heterocycles. The Morgan fingerprint density at radius 2 is 0.566 bits per heavy atom. The number of nitrogens with two attached hydrogens (primary N) is 6. The normalized spacial score (nSPS) is 10.2. The number of nitrogen functional groups attached to an aromatic ring is 5. The number of aromatic nitrogens is 14. The highest BCUT2D eigenvalue weighted by atomic mass is 35.5. The van der Waals surface area contributed by atoms with Gasteiger partial charge < -0.3 is 88.6 Å². The van der Waals surface area contributed by atoms with Crippen molar-refractivity contribution < 1.29 is 72.9 Å². The number of carbonyl (C=O) groups is 5. The zero-order chi connectivity index (χ0) is 104. The molecule has 9 heterocycles. The van der Waals surface area contributed by atoms with E-state index in [9.17, 15) is 29.1 Å². The van der Waals surface area contributed by atoms with Gasteiger partial charge in [-0.15, -0.1) is 0 Å². The van der Waals surface area contributed by atoms with E-state index in [1.807, 2.05) is 268 Å². The van der Waals surface area contributed by atoms with Gasteiger partial charge in [0.05, 0.1) is 69.7 Å². The third-order valence-electron chi connectivity index (χ3n) is 19.8. The first-order valence-electron chi connectivity index (χ1n) is 43.2. The first-order chi connectivity index (χ1) is 68.4. The number of pyridine rings is 4. The minimum atomic E-state index is -1.39. The van der Waals surface area contributed by atoms with Crippen LogP contribution in [0.2, 0.25) is 15.5 Å². The number of nitrogens with one attached hydrogen (secondary N) is 1. The first-order valence-corrected chi connectivity index (χ1v) is 44.4. The van der Waals surface area contributed by atoms with Gasteiger partial charge >= 0.3 is 38.1 Å². The number of esters is 3. The summed E-state index contributed by atoms with van der Waals surface area (Å²) in [6, 6.07) is 76.4. The highest BCUT2D eigenvalue weighted by Gasteiger charge is 2.27. The van der Waals surface area contributed by atoms with E-state index in [1.54, 1.807) is 50.6 Å². The summed E-state index contributed by atoms with van der Waals surface area (Å²) in [6.07, 6.45) is 0. The second-order valence-electron chi connectivity index (χ2n) is 30.6. The number of methoxy groups -OCH3 is 5. The van der Waals surface area contributed by atoms with Crippen molar-refractivity contribution in [2.24, 2.45) is 5.73 Å². The molecule has 0 atom stereocenters. The van der Waals surface area contributed by atoms with Crippen LogP contribution in [-0.2, 0) is 27.3 Å². The van der Waals surface area contributed by atoms with Crippen molar-refractivity contribution in [1.82, 2.24) is 75.1 Å². The molecule has 0 aliphatic rings. The molecule has 732 valence electrons. The van der Waals surface area contributed by atoms with Crippen LogP contribution in [0, 0.1) is 55.4 Å². The molecule has 0 saturated carbocycles. The number of carbonyl (C=O) groups excluding carboxylic acids is 4. The van der Waals surface area contributed by atoms with Gasteiger partial charge in [0, 0.05) is 109 Å². The highest BCUT2D eigenvalue weighted by molar-refractivity contribution is 6.59. The van der Waals surface area contributed by atoms with Crippen molar-refractivity contribution in [2.75, 3.05) is 64.2 Å². The number of benzene rings is 7. The van der Waals surface area contributed by atoms with Crippen molar-refractivity contribution in [2.45, 2.75) is 68.5 Å². The number of aromatic carboxylic acids is 1. The Bertz CT molecular complexity index is 7010. The molecule has 0 saturated heterocycles. The molecule has 1 amide bonds. The molecule has 0 aliphatic heterocycles. The molecule has 16 aromatic rings. The van der Waals surface area contributed by atoms with Crippen molar-refractivity contribution in [1.29, 1.82) is 0 Å². The van der Waals surface area contributed by atoms with Gasteiger partial charge in [0.25, 0.3) is 5.91 Å². The van der Waals surface area contributed by atoms with Gasteiger partial charge in [-0.1, -0.05) is 223 Å². The number of carboxylic acids is 1. The van der Waals surface area contributed by atoms with Gasteiger partial charge in [-0.2, -0.15) is 0 Å². The highest BCUT2D eigenvalue weighted by Crippen LogP contribution is 2.37. The topological polar surface area (TPSA) is 581 Å². The van der Waals surface area contributed by atoms with Crippen molar-refractivity contribution in [3.63, 3.8) is 0 Å². The fourth-order valence-corrected chi connectivity index (χ4v) is 14.1. The average Bonchev–Trinajstić information content (AvgIpc) is 0.788. The van der Waals surface area contributed by atoms with E-state index in [0.717, 1.165) is 101 Å². The van der Waals surface area contributed by atoms with Crippen LogP contribution in [0.25, 0.3) is 78.8 Å². The number of rotatable bonds is 19. The van der Waals surface area contributed by atoms with Gasteiger partial charge in [-0.3, -0.25) is 24.7 Å². The standard InChI is InChI=1S/C26H25N5O2.C19H18N4O2.C18H16N4O2.C12H10ClN3O2.C8H11NO.C7H10BNO2.C6H7BO2.C6H5Cl2N3O2/c1-16-13-20(14-17(2)29-16)23-22(18-9-5-4-6-10-18)31-25(27)24(30-23)26(32)28-15-19-11-7-8-12-21(19)33-3;1-11-9-14(10-12(2)21-11)16-15(13-7-5-4-6-8-13)23-18(20)17(22-16)19(24)25-3;1-10-8-13(9-11(2)20-10)15-14(12-6-4-3-5-7-12)22-17(19)16(21-15)18(23)24;1-18-12(17)9-11(14)16-8(10(13)15-9)7-5-3-2-4-6-7;1-10-8-5-3-2-4-7(8)6-9;1-5-3-7(8(10)11)4-6(2)9-5;8-7(9)6-4-2-1-3-5-6;1-13-6(12)2-5(9)11-4(8)3(7)10-2/h4-14H,15H2,1-3H3,(H2,27,31)(H,28,32);4-10H,1-3H3,(H2,20,23);3-9H,1-2H3,(H2,19,22)(H,23,24);2-6H,1H3,(H2,14,16);2-5H,6,9H2,1H3;3-4,10-11H,1-2H3;1-5,8-9H;1H3,(H2,9,11). The Hall–Kier alpha value is -16.7. The third-order valence-corrected chi connectivity index (χ3v) is 20.7. The molecule has 0 bridgehead atoms. The Kier molecular flexibility index (Phi) is 41.1. The molecular formula is C102H102B2Cl3N21O15. The number of halogens is 3. The lowest BCUT2D eigenvalue weighted by Crippen LogP contribution is -2.30. The lowest BCUT2D eigenvalue weighted by molar-refractivity contribution is 0.0586. The average molecular weight is 1990 g/mol. The number of amides is 1. The van der Waals surface area contributed by atoms with Crippen LogP contribution in [0.1, 0.15) is 109 Å². The van der Waals surface area contributed by atoms with E-state index in [4.69, 9.17) is 108 Å². The molecule has 41 heteroatoms. The van der Waals surface area contributed by atoms with Crippen LogP contribution in [-0.4, -0.2) is 175 Å². The van der Waals surface area contributed by atoms with Crippen molar-refractivity contribution in [3.05, 3.63) is 349 Å². The molecule has 0 fully saturated rings. The smallest absolute Gasteiger partial charge is 0.488 e. The van der Waals surface area contributed by atoms with Crippen LogP contribution < -0.4 is 60.1 Å². The van der Waals surface area contributed by atoms with Crippen molar-refractivity contribution in [3.8, 4) is 90.3 Å². The first kappa shape index (κ1) is 110. The lowest BCUT2D eigenvalue weighted by Gasteiger charge is -2.14. The summed E-state index contributed by atoms with van der Waals surface area (Å²) in [5.41, 5.74) is 53.1. The SMILES string of the molecule is COC(=O)c1nc(-c2cc(C)nc(C)c2)c(-c2ccccc2)nc1N.COC(=O)c1nc(Cl)c(-c2ccccc2)nc1N.COC(=O)c1nc(Cl)c(Cl)nc1N.COc1ccccc1CN.COc1ccccc1CNC(=O)c1nc(-c2cc(C)nc(C)c2)c(-c2ccccc2)nc1N.Cc1cc(-c2nc(C(=O)O)c(N)nc2-c2ccccc2)cc(C)n1.Cc1cc(B(O)O)cc(C)n1.OB(O)c1ccccc1. The maximum Gasteiger partial charge on any atom is 0.488 e. The predicted octanol–water partition coefficient (Wildman–Crippen LogP) is 13.9. The minimum absolute atomic E-state index is 0.00398. The second kappa shape index (κ2) is 53.5. The lowest BCUT2D eigenvalue weighted by atomic mass is 9.80. The van der Waals surface area contributed by atoms with Gasteiger partial charge in [-0.25, -0.2) is 69.0 Å². The van der Waals surface area contributed by atoms with Crippen LogP contribution in [0.15, 0.2) is 249 Å². The fourth-order valence-electron chi connectivity index (χ4n) is 13.6. The van der Waals surface area contributed by atoms with Crippen LogP contribution in [0.3, 0.4) is 0 Å². The van der Waals surface area contributed by atoms with Gasteiger partial charge in [0.15, 0.2) is 73.0 Å². The molecule has 0 spiro atoms. The Balaban J connectivity index is 0.000000189. The van der Waals surface area contributed by atoms with E-state index in [-0.39, 0.29) is 79.6 Å². The Morgan fingerprint density at radius 1 is 0.301 bits per heavy atom. The zero-order valence-electron chi connectivity index (χ0n) is 79.9. The molecule has 0 aliphatic carbocycles. The maximum atomic E-state index is 13.1. The number of para-hydroxylation sites is 2. The van der Waals surface area contributed by atoms with E-state index in [2.05, 4.69) is 79.6 Å². The molecule has 0 radical (unpaired) electrons. The number of ether oxygens (including phenoxy) is 5. The maximum absolute atomic E-state index is 13.1. The monoisotopic (exact) mass is 1990 g/mol. The summed E-state index contributed by atoms with van der Waals surface area (Å²) in [7, 11) is 4.23. The third kappa shape index (κ3) is 31.4. The summed E-state index contributed by atoms with van der Waals surface area (Å²) in [4.78, 5) is 118. The molecule has 0 unspecified atom stereocenters. The Labute approximate surface area is 839 Å². The number of hydrogen-bond acceptors (Lipinski definition) is 34. The number of nitrogens with zero attached hydrogens (tertiary/aromatic N) is 14. The molecule has 7 aromatic carbocycles. The fraction of sp³-hybridized carbons (Fsp3) is 0.147.